The van der Waals surface area contributed by atoms with Crippen molar-refractivity contribution in [3.63, 3.8) is 0 Å². The van der Waals surface area contributed by atoms with E-state index in [0.29, 0.717) is 16.7 Å². The molecule has 96 valence electrons. The van der Waals surface area contributed by atoms with Crippen LogP contribution in [0, 0.1) is 0 Å². The molecule has 2 aromatic rings. The lowest BCUT2D eigenvalue weighted by atomic mass is 10.0. The fourth-order valence-corrected chi connectivity index (χ4v) is 1.88. The number of benzene rings is 2. The molecule has 0 aromatic heterocycles. The lowest BCUT2D eigenvalue weighted by Gasteiger charge is -2.06. The van der Waals surface area contributed by atoms with Crippen LogP contribution in [-0.4, -0.2) is 5.78 Å². The second-order valence-corrected chi connectivity index (χ2v) is 4.44. The Balaban J connectivity index is 2.38. The van der Waals surface area contributed by atoms with Crippen LogP contribution in [0.1, 0.15) is 35.3 Å². The Kier molecular flexibility index (Phi) is 3.91. The minimum Gasteiger partial charge on any atom is -0.295 e. The van der Waals surface area contributed by atoms with Crippen LogP contribution in [0.2, 0.25) is 0 Å². The maximum atomic E-state index is 14.3. The summed E-state index contributed by atoms with van der Waals surface area (Å²) in [6.07, 6.45) is 0. The fourth-order valence-electron chi connectivity index (χ4n) is 1.88. The topological polar surface area (TPSA) is 17.1 Å². The summed E-state index contributed by atoms with van der Waals surface area (Å²) in [7, 11) is 0. The van der Waals surface area contributed by atoms with Gasteiger partial charge in [-0.1, -0.05) is 54.6 Å². The normalized spacial score (nSPS) is 11.9. The third kappa shape index (κ3) is 2.97. The van der Waals surface area contributed by atoms with Gasteiger partial charge in [0.25, 0.3) is 0 Å². The molecule has 0 aliphatic carbocycles. The van der Waals surface area contributed by atoms with Crippen LogP contribution in [0.5, 0.6) is 0 Å². The van der Waals surface area contributed by atoms with E-state index in [1.807, 2.05) is 30.3 Å². The molecule has 0 aliphatic rings. The molecule has 0 fully saturated rings. The van der Waals surface area contributed by atoms with Crippen LogP contribution in [0.15, 0.2) is 54.6 Å². The molecule has 0 amide bonds. The Labute approximate surface area is 112 Å². The second-order valence-electron chi connectivity index (χ2n) is 4.44. The zero-order chi connectivity index (χ0) is 13.8. The summed E-state index contributed by atoms with van der Waals surface area (Å²) in [5.41, 5.74) is 2.53. The van der Waals surface area contributed by atoms with E-state index in [1.165, 1.54) is 6.92 Å². The number of hydrogen-bond donors (Lipinski definition) is 0. The van der Waals surface area contributed by atoms with Gasteiger partial charge in [-0.2, -0.15) is 0 Å². The van der Waals surface area contributed by atoms with Gasteiger partial charge in [0.05, 0.1) is 0 Å². The molecule has 0 aliphatic heterocycles. The van der Waals surface area contributed by atoms with Gasteiger partial charge in [0.15, 0.2) is 5.78 Å². The van der Waals surface area contributed by atoms with Crippen molar-refractivity contribution in [3.8, 4) is 0 Å². The van der Waals surface area contributed by atoms with Gasteiger partial charge in [0, 0.05) is 11.1 Å². The van der Waals surface area contributed by atoms with E-state index < -0.39 is 0 Å². The number of hydrogen-bond acceptors (Lipinski definition) is 1. The molecule has 0 saturated carbocycles. The Morgan fingerprint density at radius 1 is 0.789 bits per heavy atom. The minimum atomic E-state index is -0.263. The molecule has 0 N–H and O–H groups in total. The van der Waals surface area contributed by atoms with Gasteiger partial charge in [-0.05, 0) is 25.0 Å². The smallest absolute Gasteiger partial charge is 0.159 e. The van der Waals surface area contributed by atoms with Crippen molar-refractivity contribution in [1.82, 2.24) is 0 Å². The largest absolute Gasteiger partial charge is 0.295 e. The highest BCUT2D eigenvalue weighted by atomic mass is 19.1. The first-order chi connectivity index (χ1) is 9.09. The molecule has 0 radical (unpaired) electrons. The third-order valence-corrected chi connectivity index (χ3v) is 3.08. The lowest BCUT2D eigenvalue weighted by Crippen LogP contribution is -1.92. The van der Waals surface area contributed by atoms with Gasteiger partial charge in [0.2, 0.25) is 0 Å². The molecule has 0 spiro atoms. The number of ketones is 1. The molecule has 1 nitrogen and oxygen atoms in total. The molecular formula is C17H15FO. The first kappa shape index (κ1) is 13.2. The summed E-state index contributed by atoms with van der Waals surface area (Å²) in [6.45, 7) is 3.25. The Morgan fingerprint density at radius 2 is 1.32 bits per heavy atom. The maximum absolute atomic E-state index is 14.3. The van der Waals surface area contributed by atoms with E-state index in [4.69, 9.17) is 0 Å². The van der Waals surface area contributed by atoms with Crippen molar-refractivity contribution in [1.29, 1.82) is 0 Å². The van der Waals surface area contributed by atoms with E-state index in [0.717, 1.165) is 5.56 Å². The minimum absolute atomic E-state index is 0.0179. The molecule has 2 rings (SSSR count). The number of carbonyl (C=O) groups is 1. The lowest BCUT2D eigenvalue weighted by molar-refractivity contribution is 0.101. The van der Waals surface area contributed by atoms with Gasteiger partial charge in [-0.15, -0.1) is 0 Å². The van der Waals surface area contributed by atoms with E-state index in [2.05, 4.69) is 0 Å². The molecule has 0 saturated heterocycles. The number of allylic oxidation sites excluding steroid dienone is 1. The SMILES string of the molecule is CC(=O)c1ccc(/C(F)=C(/C)c2ccccc2)cc1. The molecule has 2 aromatic carbocycles. The molecule has 2 heteroatoms. The monoisotopic (exact) mass is 254 g/mol. The van der Waals surface area contributed by atoms with Gasteiger partial charge in [-0.25, -0.2) is 4.39 Å². The quantitative estimate of drug-likeness (QED) is 0.570. The van der Waals surface area contributed by atoms with Gasteiger partial charge >= 0.3 is 0 Å². The van der Waals surface area contributed by atoms with Crippen molar-refractivity contribution in [3.05, 3.63) is 71.3 Å². The standard InChI is InChI=1S/C17H15FO/c1-12(14-6-4-3-5-7-14)17(18)16-10-8-15(9-11-16)13(2)19/h3-11H,1-2H3/b17-12+. The van der Waals surface area contributed by atoms with Crippen molar-refractivity contribution in [2.45, 2.75) is 13.8 Å². The zero-order valence-corrected chi connectivity index (χ0v) is 11.0. The predicted octanol–water partition coefficient (Wildman–Crippen LogP) is 4.75. The molecule has 19 heavy (non-hydrogen) atoms. The number of rotatable bonds is 3. The summed E-state index contributed by atoms with van der Waals surface area (Å²) in [5.74, 6) is -0.281. The Hall–Kier alpha value is -2.22. The summed E-state index contributed by atoms with van der Waals surface area (Å²) < 4.78 is 14.3. The summed E-state index contributed by atoms with van der Waals surface area (Å²) >= 11 is 0. The molecular weight excluding hydrogens is 239 g/mol. The summed E-state index contributed by atoms with van der Waals surface area (Å²) in [4.78, 5) is 11.2. The highest BCUT2D eigenvalue weighted by Crippen LogP contribution is 2.27. The van der Waals surface area contributed by atoms with E-state index >= 15 is 0 Å². The highest BCUT2D eigenvalue weighted by molar-refractivity contribution is 5.94. The van der Waals surface area contributed by atoms with Crippen molar-refractivity contribution in [2.75, 3.05) is 0 Å². The number of Topliss-reactive ketones (excluding diaryl/α,β-unsaturated/α-hetero) is 1. The van der Waals surface area contributed by atoms with E-state index in [9.17, 15) is 9.18 Å². The fraction of sp³-hybridized carbons (Fsp3) is 0.118. The third-order valence-electron chi connectivity index (χ3n) is 3.08. The zero-order valence-electron chi connectivity index (χ0n) is 11.0. The van der Waals surface area contributed by atoms with Crippen molar-refractivity contribution in [2.24, 2.45) is 0 Å². The van der Waals surface area contributed by atoms with Gasteiger partial charge in [0.1, 0.15) is 5.83 Å². The molecule has 0 heterocycles. The Bertz CT molecular complexity index is 609. The average Bonchev–Trinajstić information content (AvgIpc) is 2.46. The predicted molar refractivity (Wildman–Crippen MR) is 76.5 cm³/mol. The maximum Gasteiger partial charge on any atom is 0.159 e. The summed E-state index contributed by atoms with van der Waals surface area (Å²) in [6, 6.07) is 16.0. The van der Waals surface area contributed by atoms with E-state index in [-0.39, 0.29) is 11.6 Å². The first-order valence-electron chi connectivity index (χ1n) is 6.13. The van der Waals surface area contributed by atoms with Crippen LogP contribution < -0.4 is 0 Å². The van der Waals surface area contributed by atoms with Gasteiger partial charge in [-0.3, -0.25) is 4.79 Å². The highest BCUT2D eigenvalue weighted by Gasteiger charge is 2.07. The van der Waals surface area contributed by atoms with Crippen LogP contribution in [0.25, 0.3) is 11.4 Å². The summed E-state index contributed by atoms with van der Waals surface area (Å²) in [5, 5.41) is 0. The number of halogens is 1. The Morgan fingerprint density at radius 3 is 1.84 bits per heavy atom. The number of carbonyl (C=O) groups excluding carboxylic acids is 1. The molecule has 0 bridgehead atoms. The van der Waals surface area contributed by atoms with Crippen LogP contribution in [-0.2, 0) is 0 Å². The van der Waals surface area contributed by atoms with Crippen molar-refractivity contribution >= 4 is 17.2 Å². The second kappa shape index (κ2) is 5.61. The molecule has 0 unspecified atom stereocenters. The van der Waals surface area contributed by atoms with Crippen LogP contribution in [0.3, 0.4) is 0 Å². The van der Waals surface area contributed by atoms with Crippen molar-refractivity contribution < 1.29 is 9.18 Å². The molecule has 0 atom stereocenters. The van der Waals surface area contributed by atoms with Crippen LogP contribution >= 0.6 is 0 Å². The van der Waals surface area contributed by atoms with E-state index in [1.54, 1.807) is 31.2 Å². The first-order valence-corrected chi connectivity index (χ1v) is 6.13. The van der Waals surface area contributed by atoms with Gasteiger partial charge < -0.3 is 0 Å². The average molecular weight is 254 g/mol. The van der Waals surface area contributed by atoms with Crippen LogP contribution in [0.4, 0.5) is 4.39 Å².